The highest BCUT2D eigenvalue weighted by atomic mass is 79.9. The van der Waals surface area contributed by atoms with E-state index in [1.165, 1.54) is 30.5 Å². The minimum Gasteiger partial charge on any atom is -1.00 e. The van der Waals surface area contributed by atoms with E-state index >= 15 is 0 Å². The number of hydrogen-bond acceptors (Lipinski definition) is 6. The van der Waals surface area contributed by atoms with E-state index in [1.807, 2.05) is 30.6 Å². The molecule has 2 N–H and O–H groups in total. The summed E-state index contributed by atoms with van der Waals surface area (Å²) in [4.78, 5) is 30.1. The maximum atomic E-state index is 13.0. The molecule has 0 radical (unpaired) electrons. The monoisotopic (exact) mass is 626 g/mol. The molecule has 0 unspecified atom stereocenters. The van der Waals surface area contributed by atoms with E-state index in [9.17, 15) is 18.0 Å². The van der Waals surface area contributed by atoms with E-state index in [4.69, 9.17) is 0 Å². The van der Waals surface area contributed by atoms with Crippen LogP contribution in [0.4, 0.5) is 11.5 Å². The van der Waals surface area contributed by atoms with Crippen molar-refractivity contribution in [3.8, 4) is 0 Å². The standard InChI is InChI=1S/C28H26N4O4S2.BrH/c33-27(13-5-9-21-32-19-7-1-8-20-32)37-25-11-3-2-10-24(25)28(34)30-22-14-16-23(17-15-22)38(35,36)31-26-12-4-6-18-29-26;/h1-4,6-8,10-12,14-20H,5,9,13,21H2,(H-,29,30,31,34);1H. The highest BCUT2D eigenvalue weighted by molar-refractivity contribution is 8.13. The maximum absolute atomic E-state index is 13.0. The summed E-state index contributed by atoms with van der Waals surface area (Å²) in [6, 6.07) is 23.6. The van der Waals surface area contributed by atoms with Crippen molar-refractivity contribution >= 4 is 44.3 Å². The molecule has 2 aromatic heterocycles. The normalized spacial score (nSPS) is 10.8. The molecule has 2 heterocycles. The van der Waals surface area contributed by atoms with Crippen LogP contribution in [-0.2, 0) is 21.4 Å². The number of aromatic nitrogens is 2. The van der Waals surface area contributed by atoms with E-state index in [0.717, 1.165) is 31.1 Å². The Hall–Kier alpha value is -3.54. The Kier molecular flexibility index (Phi) is 11.2. The first-order valence-corrected chi connectivity index (χ1v) is 14.3. The number of hydrogen-bond donors (Lipinski definition) is 2. The number of carbonyl (C=O) groups is 2. The summed E-state index contributed by atoms with van der Waals surface area (Å²) in [6.07, 6.45) is 7.54. The van der Waals surface area contributed by atoms with Crippen LogP contribution in [0.15, 0.2) is 113 Å². The zero-order valence-corrected chi connectivity index (χ0v) is 24.1. The number of aryl methyl sites for hydroxylation is 1. The molecule has 0 saturated carbocycles. The quantitative estimate of drug-likeness (QED) is 0.150. The first-order valence-electron chi connectivity index (χ1n) is 12.0. The van der Waals surface area contributed by atoms with Gasteiger partial charge in [-0.1, -0.05) is 36.0 Å². The molecule has 0 bridgehead atoms. The Morgan fingerprint density at radius 3 is 2.28 bits per heavy atom. The van der Waals surface area contributed by atoms with Crippen LogP contribution in [-0.4, -0.2) is 24.4 Å². The number of sulfonamides is 1. The van der Waals surface area contributed by atoms with Gasteiger partial charge in [-0.3, -0.25) is 14.3 Å². The molecule has 0 atom stereocenters. The van der Waals surface area contributed by atoms with E-state index in [1.54, 1.807) is 42.5 Å². The van der Waals surface area contributed by atoms with E-state index in [0.29, 0.717) is 22.6 Å². The van der Waals surface area contributed by atoms with Gasteiger partial charge in [0.15, 0.2) is 17.5 Å². The maximum Gasteiger partial charge on any atom is 0.263 e. The number of rotatable bonds is 11. The van der Waals surface area contributed by atoms with Crippen molar-refractivity contribution in [1.82, 2.24) is 4.98 Å². The van der Waals surface area contributed by atoms with Crippen LogP contribution in [0.1, 0.15) is 29.6 Å². The Morgan fingerprint density at radius 2 is 1.56 bits per heavy atom. The number of nitrogens with zero attached hydrogens (tertiary/aromatic N) is 2. The first kappa shape index (κ1) is 30.0. The molecular weight excluding hydrogens is 600 g/mol. The third kappa shape index (κ3) is 9.02. The number of benzene rings is 2. The smallest absolute Gasteiger partial charge is 0.263 e. The molecule has 4 aromatic rings. The number of pyridine rings is 2. The summed E-state index contributed by atoms with van der Waals surface area (Å²) in [5.41, 5.74) is 0.801. The van der Waals surface area contributed by atoms with Gasteiger partial charge in [0.05, 0.1) is 10.5 Å². The fourth-order valence-electron chi connectivity index (χ4n) is 3.60. The van der Waals surface area contributed by atoms with Crippen molar-refractivity contribution in [2.24, 2.45) is 0 Å². The van der Waals surface area contributed by atoms with Crippen LogP contribution in [0.2, 0.25) is 0 Å². The lowest BCUT2D eigenvalue weighted by molar-refractivity contribution is -0.697. The number of anilines is 2. The fraction of sp³-hybridized carbons (Fsp3) is 0.143. The van der Waals surface area contributed by atoms with E-state index in [-0.39, 0.29) is 38.7 Å². The van der Waals surface area contributed by atoms with Crippen LogP contribution >= 0.6 is 11.8 Å². The highest BCUT2D eigenvalue weighted by Crippen LogP contribution is 2.26. The summed E-state index contributed by atoms with van der Waals surface area (Å²) in [6.45, 7) is 0.844. The number of carbonyl (C=O) groups excluding carboxylic acids is 2. The van der Waals surface area contributed by atoms with E-state index in [2.05, 4.69) is 19.6 Å². The average Bonchev–Trinajstić information content (AvgIpc) is 2.92. The molecule has 0 saturated heterocycles. The lowest BCUT2D eigenvalue weighted by Crippen LogP contribution is -3.00. The van der Waals surface area contributed by atoms with E-state index < -0.39 is 10.0 Å². The van der Waals surface area contributed by atoms with Gasteiger partial charge in [-0.15, -0.1) is 0 Å². The van der Waals surface area contributed by atoms with Gasteiger partial charge in [-0.25, -0.2) is 18.0 Å². The SMILES string of the molecule is O=C(CCCC[n+]1ccccc1)Sc1ccccc1C(=O)Nc1ccc(S(=O)(=O)Nc2ccccn2)cc1.[Br-]. The van der Waals surface area contributed by atoms with Gasteiger partial charge in [0.2, 0.25) is 0 Å². The third-order valence-corrected chi connectivity index (χ3v) is 7.88. The van der Waals surface area contributed by atoms with Crippen LogP contribution in [0, 0.1) is 0 Å². The van der Waals surface area contributed by atoms with Gasteiger partial charge in [-0.05, 0) is 55.0 Å². The number of halogens is 1. The summed E-state index contributed by atoms with van der Waals surface area (Å²) in [5, 5.41) is 2.78. The van der Waals surface area contributed by atoms with Crippen molar-refractivity contribution in [1.29, 1.82) is 0 Å². The number of thioether (sulfide) groups is 1. The van der Waals surface area contributed by atoms with Gasteiger partial charge in [0, 0.05) is 41.8 Å². The Morgan fingerprint density at radius 1 is 0.846 bits per heavy atom. The van der Waals surface area contributed by atoms with Crippen LogP contribution < -0.4 is 31.6 Å². The molecule has 2 aromatic carbocycles. The first-order chi connectivity index (χ1) is 18.4. The molecular formula is C28H27BrN4O4S2. The van der Waals surface area contributed by atoms with Gasteiger partial charge in [0.1, 0.15) is 12.4 Å². The molecule has 0 aliphatic rings. The lowest BCUT2D eigenvalue weighted by atomic mass is 10.2. The summed E-state index contributed by atoms with van der Waals surface area (Å²) in [5.74, 6) is -0.174. The fourth-order valence-corrected chi connectivity index (χ4v) is 5.52. The van der Waals surface area contributed by atoms with Crippen molar-refractivity contribution < 1.29 is 39.6 Å². The number of amides is 1. The summed E-state index contributed by atoms with van der Waals surface area (Å²) < 4.78 is 29.7. The predicted molar refractivity (Wildman–Crippen MR) is 147 cm³/mol. The summed E-state index contributed by atoms with van der Waals surface area (Å²) >= 11 is 1.06. The molecule has 0 spiro atoms. The molecule has 0 fully saturated rings. The molecule has 4 rings (SSSR count). The molecule has 11 heteroatoms. The Balaban J connectivity index is 0.00000420. The third-order valence-electron chi connectivity index (χ3n) is 5.51. The second-order valence-corrected chi connectivity index (χ2v) is 11.1. The van der Waals surface area contributed by atoms with Gasteiger partial charge < -0.3 is 22.3 Å². The molecule has 202 valence electrons. The van der Waals surface area contributed by atoms with Gasteiger partial charge >= 0.3 is 0 Å². The topological polar surface area (TPSA) is 109 Å². The van der Waals surface area contributed by atoms with Crippen LogP contribution in [0.5, 0.6) is 0 Å². The van der Waals surface area contributed by atoms with Crippen LogP contribution in [0.25, 0.3) is 0 Å². The van der Waals surface area contributed by atoms with Crippen molar-refractivity contribution in [2.45, 2.75) is 35.6 Å². The zero-order chi connectivity index (χ0) is 26.8. The molecule has 39 heavy (non-hydrogen) atoms. The Labute approximate surface area is 242 Å². The second kappa shape index (κ2) is 14.6. The van der Waals surface area contributed by atoms with Gasteiger partial charge in [-0.2, -0.15) is 0 Å². The van der Waals surface area contributed by atoms with Crippen molar-refractivity contribution in [3.05, 3.63) is 109 Å². The van der Waals surface area contributed by atoms with Crippen molar-refractivity contribution in [2.75, 3.05) is 10.0 Å². The minimum atomic E-state index is -3.82. The molecule has 0 aliphatic heterocycles. The van der Waals surface area contributed by atoms with Crippen molar-refractivity contribution in [3.63, 3.8) is 0 Å². The highest BCUT2D eigenvalue weighted by Gasteiger charge is 2.17. The molecule has 8 nitrogen and oxygen atoms in total. The zero-order valence-electron chi connectivity index (χ0n) is 20.9. The largest absolute Gasteiger partial charge is 1.00 e. The van der Waals surface area contributed by atoms with Crippen LogP contribution in [0.3, 0.4) is 0 Å². The van der Waals surface area contributed by atoms with Gasteiger partial charge in [0.25, 0.3) is 15.9 Å². The minimum absolute atomic E-state index is 0. The number of unbranched alkanes of at least 4 members (excludes halogenated alkanes) is 1. The molecule has 0 aliphatic carbocycles. The second-order valence-electron chi connectivity index (χ2n) is 8.34. The Bertz CT molecular complexity index is 1490. The number of nitrogens with one attached hydrogen (secondary N) is 2. The summed E-state index contributed by atoms with van der Waals surface area (Å²) in [7, 11) is -3.82. The predicted octanol–water partition coefficient (Wildman–Crippen LogP) is 1.92. The lowest BCUT2D eigenvalue weighted by Gasteiger charge is -2.11. The average molecular weight is 628 g/mol. The molecule has 1 amide bonds.